The molecular weight excluding hydrogens is 344 g/mol. The van der Waals surface area contributed by atoms with Gasteiger partial charge >= 0.3 is 0 Å². The third kappa shape index (κ3) is 3.99. The third-order valence-electron chi connectivity index (χ3n) is 4.59. The summed E-state index contributed by atoms with van der Waals surface area (Å²) in [6, 6.07) is 18.5. The molecule has 0 amide bonds. The number of fused-ring (bicyclic) bond motifs is 1. The smallest absolute Gasteiger partial charge is 0.126 e. The molecule has 0 aliphatic carbocycles. The third-order valence-corrected chi connectivity index (χ3v) is 4.59. The summed E-state index contributed by atoms with van der Waals surface area (Å²) < 4.78 is 5.59. The molecule has 0 N–H and O–H groups in total. The van der Waals surface area contributed by atoms with Gasteiger partial charge in [0.25, 0.3) is 0 Å². The molecule has 4 rings (SSSR count). The largest absolute Gasteiger partial charge is 0.496 e. The maximum Gasteiger partial charge on any atom is 0.126 e. The van der Waals surface area contributed by atoms with Crippen molar-refractivity contribution in [2.45, 2.75) is 0 Å². The molecule has 4 aromatic rings. The minimum atomic E-state index is 0.859. The summed E-state index contributed by atoms with van der Waals surface area (Å²) in [5, 5.41) is 2.33. The molecule has 0 spiro atoms. The van der Waals surface area contributed by atoms with Crippen LogP contribution >= 0.6 is 0 Å². The number of methoxy groups -OCH3 is 1. The van der Waals surface area contributed by atoms with Crippen LogP contribution in [-0.4, -0.2) is 17.1 Å². The Morgan fingerprint density at radius 3 is 1.89 bits per heavy atom. The van der Waals surface area contributed by atoms with Crippen LogP contribution in [0.25, 0.3) is 35.1 Å². The number of pyridine rings is 2. The van der Waals surface area contributed by atoms with Crippen molar-refractivity contribution in [3.05, 3.63) is 102 Å². The van der Waals surface area contributed by atoms with Gasteiger partial charge in [-0.25, -0.2) is 0 Å². The van der Waals surface area contributed by atoms with E-state index in [1.807, 2.05) is 30.3 Å². The maximum atomic E-state index is 5.59. The molecule has 2 aromatic carbocycles. The number of rotatable bonds is 5. The van der Waals surface area contributed by atoms with Crippen LogP contribution in [0.1, 0.15) is 22.3 Å². The molecule has 136 valence electrons. The average Bonchev–Trinajstić information content (AvgIpc) is 2.77. The van der Waals surface area contributed by atoms with Crippen LogP contribution in [0.15, 0.2) is 79.4 Å². The fourth-order valence-corrected chi connectivity index (χ4v) is 3.13. The van der Waals surface area contributed by atoms with Crippen LogP contribution in [0.3, 0.4) is 0 Å². The number of aromatic nitrogens is 2. The summed E-state index contributed by atoms with van der Waals surface area (Å²) in [4.78, 5) is 8.12. The molecule has 3 heteroatoms. The molecule has 0 aliphatic heterocycles. The lowest BCUT2D eigenvalue weighted by atomic mass is 9.99. The predicted octanol–water partition coefficient (Wildman–Crippen LogP) is 5.98. The molecular formula is C25H20N2O. The molecule has 0 radical (unpaired) electrons. The molecule has 2 aromatic heterocycles. The average molecular weight is 364 g/mol. The Balaban J connectivity index is 1.71. The van der Waals surface area contributed by atoms with Crippen molar-refractivity contribution in [3.63, 3.8) is 0 Å². The van der Waals surface area contributed by atoms with Crippen molar-refractivity contribution in [1.29, 1.82) is 0 Å². The molecule has 0 unspecified atom stereocenters. The van der Waals surface area contributed by atoms with Gasteiger partial charge < -0.3 is 4.74 Å². The first-order valence-corrected chi connectivity index (χ1v) is 9.10. The Morgan fingerprint density at radius 1 is 0.643 bits per heavy atom. The van der Waals surface area contributed by atoms with Crippen LogP contribution in [0.2, 0.25) is 0 Å². The van der Waals surface area contributed by atoms with E-state index in [2.05, 4.69) is 58.5 Å². The fraction of sp³-hybridized carbons (Fsp3) is 0.0400. The van der Waals surface area contributed by atoms with E-state index >= 15 is 0 Å². The van der Waals surface area contributed by atoms with Gasteiger partial charge in [0, 0.05) is 30.4 Å². The minimum absolute atomic E-state index is 0.859. The summed E-state index contributed by atoms with van der Waals surface area (Å²) in [5.74, 6) is 0.859. The van der Waals surface area contributed by atoms with E-state index in [1.165, 1.54) is 5.39 Å². The van der Waals surface area contributed by atoms with Crippen LogP contribution in [0.4, 0.5) is 0 Å². The Morgan fingerprint density at radius 2 is 1.25 bits per heavy atom. The molecule has 0 atom stereocenters. The lowest BCUT2D eigenvalue weighted by Gasteiger charge is -2.10. The quantitative estimate of drug-likeness (QED) is 0.437. The summed E-state index contributed by atoms with van der Waals surface area (Å²) in [7, 11) is 1.71. The number of hydrogen-bond donors (Lipinski definition) is 0. The lowest BCUT2D eigenvalue weighted by Crippen LogP contribution is -1.89. The second-order valence-electron chi connectivity index (χ2n) is 6.39. The van der Waals surface area contributed by atoms with Crippen LogP contribution in [-0.2, 0) is 0 Å². The van der Waals surface area contributed by atoms with E-state index in [0.29, 0.717) is 0 Å². The highest BCUT2D eigenvalue weighted by Crippen LogP contribution is 2.31. The normalized spacial score (nSPS) is 11.5. The van der Waals surface area contributed by atoms with Crippen molar-refractivity contribution in [3.8, 4) is 5.75 Å². The molecule has 0 bridgehead atoms. The summed E-state index contributed by atoms with van der Waals surface area (Å²) in [6.45, 7) is 0. The van der Waals surface area contributed by atoms with Crippen molar-refractivity contribution < 1.29 is 4.74 Å². The predicted molar refractivity (Wildman–Crippen MR) is 117 cm³/mol. The zero-order valence-corrected chi connectivity index (χ0v) is 15.6. The van der Waals surface area contributed by atoms with Crippen molar-refractivity contribution >= 4 is 35.1 Å². The molecule has 3 nitrogen and oxygen atoms in total. The van der Waals surface area contributed by atoms with Gasteiger partial charge in [-0.1, -0.05) is 42.5 Å². The lowest BCUT2D eigenvalue weighted by molar-refractivity contribution is 0.414. The van der Waals surface area contributed by atoms with Gasteiger partial charge in [0.15, 0.2) is 0 Å². The van der Waals surface area contributed by atoms with Gasteiger partial charge in [0.2, 0.25) is 0 Å². The number of hydrogen-bond acceptors (Lipinski definition) is 3. The Kier molecular flexibility index (Phi) is 5.25. The van der Waals surface area contributed by atoms with Gasteiger partial charge in [-0.2, -0.15) is 0 Å². The van der Waals surface area contributed by atoms with Gasteiger partial charge in [-0.05, 0) is 63.9 Å². The van der Waals surface area contributed by atoms with E-state index in [0.717, 1.165) is 33.4 Å². The summed E-state index contributed by atoms with van der Waals surface area (Å²) in [6.07, 6.45) is 15.6. The highest BCUT2D eigenvalue weighted by atomic mass is 16.5. The molecule has 0 saturated heterocycles. The zero-order valence-electron chi connectivity index (χ0n) is 15.6. The number of ether oxygens (including phenoxy) is 1. The molecule has 0 saturated carbocycles. The summed E-state index contributed by atoms with van der Waals surface area (Å²) >= 11 is 0. The Bertz CT molecular complexity index is 1130. The first kappa shape index (κ1) is 17.7. The number of nitrogens with zero attached hydrogens (tertiary/aromatic N) is 2. The van der Waals surface area contributed by atoms with E-state index < -0.39 is 0 Å². The Labute approximate surface area is 164 Å². The highest BCUT2D eigenvalue weighted by molar-refractivity contribution is 5.96. The van der Waals surface area contributed by atoms with Crippen molar-refractivity contribution in [1.82, 2.24) is 9.97 Å². The standard InChI is InChI=1S/C25H20N2O/c1-28-25-9-6-22-18-21(3-2-19-10-14-26-15-11-19)5-7-23(22)24(25)8-4-20-12-16-27-17-13-20/h2-18H,1H3/b3-2+,8-4+. The van der Waals surface area contributed by atoms with E-state index in [-0.39, 0.29) is 0 Å². The second kappa shape index (κ2) is 8.31. The van der Waals surface area contributed by atoms with Crippen molar-refractivity contribution in [2.75, 3.05) is 7.11 Å². The van der Waals surface area contributed by atoms with Gasteiger partial charge in [0.05, 0.1) is 7.11 Å². The van der Waals surface area contributed by atoms with E-state index in [9.17, 15) is 0 Å². The number of benzene rings is 2. The first-order valence-electron chi connectivity index (χ1n) is 9.10. The Hall–Kier alpha value is -3.72. The van der Waals surface area contributed by atoms with E-state index in [1.54, 1.807) is 31.9 Å². The van der Waals surface area contributed by atoms with Gasteiger partial charge in [-0.15, -0.1) is 0 Å². The molecule has 0 aliphatic rings. The summed E-state index contributed by atoms with van der Waals surface area (Å²) in [5.41, 5.74) is 4.46. The fourth-order valence-electron chi connectivity index (χ4n) is 3.13. The minimum Gasteiger partial charge on any atom is -0.496 e. The van der Waals surface area contributed by atoms with Crippen molar-refractivity contribution in [2.24, 2.45) is 0 Å². The van der Waals surface area contributed by atoms with Crippen LogP contribution in [0, 0.1) is 0 Å². The SMILES string of the molecule is COc1ccc2cc(/C=C/c3ccncc3)ccc2c1/C=C/c1ccncc1. The van der Waals surface area contributed by atoms with Crippen LogP contribution in [0.5, 0.6) is 5.75 Å². The second-order valence-corrected chi connectivity index (χ2v) is 6.39. The highest BCUT2D eigenvalue weighted by Gasteiger charge is 2.06. The van der Waals surface area contributed by atoms with Crippen LogP contribution < -0.4 is 4.74 Å². The molecule has 2 heterocycles. The van der Waals surface area contributed by atoms with E-state index in [4.69, 9.17) is 4.74 Å². The molecule has 0 fully saturated rings. The topological polar surface area (TPSA) is 35.0 Å². The monoisotopic (exact) mass is 364 g/mol. The first-order chi connectivity index (χ1) is 13.8. The maximum absolute atomic E-state index is 5.59. The zero-order chi connectivity index (χ0) is 19.2. The molecule has 28 heavy (non-hydrogen) atoms. The van der Waals surface area contributed by atoms with Gasteiger partial charge in [0.1, 0.15) is 5.75 Å². The van der Waals surface area contributed by atoms with Gasteiger partial charge in [-0.3, -0.25) is 9.97 Å².